The van der Waals surface area contributed by atoms with Gasteiger partial charge >= 0.3 is 6.09 Å². The Hall–Kier alpha value is -2.84. The number of hydrogen-bond donors (Lipinski definition) is 3. The third-order valence-corrected chi connectivity index (χ3v) is 4.31. The number of hydrogen-bond acceptors (Lipinski definition) is 6. The topological polar surface area (TPSA) is 116 Å². The van der Waals surface area contributed by atoms with Crippen molar-refractivity contribution in [1.82, 2.24) is 19.7 Å². The Morgan fingerprint density at radius 2 is 2.21 bits per heavy atom. The molecule has 1 amide bonds. The summed E-state index contributed by atoms with van der Waals surface area (Å²) >= 11 is 0. The number of carboxylic acid groups (broad SMARTS) is 1. The van der Waals surface area contributed by atoms with Crippen molar-refractivity contribution < 1.29 is 15.1 Å². The second-order valence-corrected chi connectivity index (χ2v) is 5.72. The van der Waals surface area contributed by atoms with E-state index in [-0.39, 0.29) is 6.04 Å². The Kier molecular flexibility index (Phi) is 4.50. The van der Waals surface area contributed by atoms with E-state index in [0.29, 0.717) is 38.0 Å². The fourth-order valence-corrected chi connectivity index (χ4v) is 3.01. The van der Waals surface area contributed by atoms with Gasteiger partial charge in [0, 0.05) is 37.4 Å². The van der Waals surface area contributed by atoms with Crippen LogP contribution < -0.4 is 5.32 Å². The number of anilines is 1. The molecule has 0 saturated carbocycles. The van der Waals surface area contributed by atoms with Gasteiger partial charge < -0.3 is 20.5 Å². The Bertz CT molecular complexity index is 764. The maximum atomic E-state index is 11.0. The minimum absolute atomic E-state index is 0.141. The summed E-state index contributed by atoms with van der Waals surface area (Å²) in [5.74, 6) is 0. The van der Waals surface area contributed by atoms with E-state index < -0.39 is 6.09 Å². The lowest BCUT2D eigenvalue weighted by atomic mass is 10.0. The lowest BCUT2D eigenvalue weighted by molar-refractivity contribution is 0.134. The molecule has 3 heterocycles. The van der Waals surface area contributed by atoms with E-state index in [4.69, 9.17) is 10.3 Å². The van der Waals surface area contributed by atoms with Gasteiger partial charge in [0.05, 0.1) is 23.5 Å². The number of piperidine rings is 1. The lowest BCUT2D eigenvalue weighted by Gasteiger charge is -2.31. The Balaban J connectivity index is 1.88. The summed E-state index contributed by atoms with van der Waals surface area (Å²) < 4.78 is 1.80. The van der Waals surface area contributed by atoms with E-state index >= 15 is 0 Å². The molecule has 0 radical (unpaired) electrons. The molecule has 0 unspecified atom stereocenters. The van der Waals surface area contributed by atoms with Crippen LogP contribution in [-0.2, 0) is 6.54 Å². The van der Waals surface area contributed by atoms with Crippen molar-refractivity contribution in [3.8, 4) is 0 Å². The normalized spacial score (nSPS) is 16.1. The first-order valence-electron chi connectivity index (χ1n) is 7.90. The smallest absolute Gasteiger partial charge is 0.407 e. The monoisotopic (exact) mass is 332 g/mol. The van der Waals surface area contributed by atoms with Gasteiger partial charge in [-0.05, 0) is 19.8 Å². The number of aromatic nitrogens is 3. The maximum absolute atomic E-state index is 11.0. The molecule has 1 saturated heterocycles. The molecule has 3 N–H and O–H groups in total. The second kappa shape index (κ2) is 6.73. The molecule has 1 aliphatic rings. The first kappa shape index (κ1) is 16.0. The van der Waals surface area contributed by atoms with Crippen LogP contribution in [-0.4, -0.2) is 61.4 Å². The van der Waals surface area contributed by atoms with Crippen molar-refractivity contribution in [3.05, 3.63) is 18.0 Å². The number of nitrogens with one attached hydrogen (secondary N) is 1. The van der Waals surface area contributed by atoms with Crippen molar-refractivity contribution >= 4 is 29.0 Å². The molecule has 0 atom stereocenters. The standard InChI is InChI=1S/C15H20N6O3/c1-2-21-14-12(9-17-21)13(10(7-16-14)8-18-24)19-11-3-5-20(6-4-11)15(22)23/h7-9,11,24H,2-6H2,1H3,(H,16,19)(H,22,23). The molecule has 0 spiro atoms. The summed E-state index contributed by atoms with van der Waals surface area (Å²) in [5, 5.41) is 29.7. The van der Waals surface area contributed by atoms with Gasteiger partial charge in [0.1, 0.15) is 0 Å². The van der Waals surface area contributed by atoms with Gasteiger partial charge in [-0.1, -0.05) is 5.16 Å². The fraction of sp³-hybridized carbons (Fsp3) is 0.467. The van der Waals surface area contributed by atoms with Gasteiger partial charge in [-0.2, -0.15) is 5.10 Å². The van der Waals surface area contributed by atoms with Crippen LogP contribution in [0.5, 0.6) is 0 Å². The molecule has 2 aromatic heterocycles. The van der Waals surface area contributed by atoms with E-state index in [9.17, 15) is 4.79 Å². The van der Waals surface area contributed by atoms with Crippen LogP contribution in [0.15, 0.2) is 17.5 Å². The molecule has 128 valence electrons. The number of pyridine rings is 1. The molecule has 1 aliphatic heterocycles. The Labute approximate surface area is 138 Å². The molecule has 0 aliphatic carbocycles. The summed E-state index contributed by atoms with van der Waals surface area (Å²) in [5.41, 5.74) is 2.24. The van der Waals surface area contributed by atoms with Crippen LogP contribution in [0.2, 0.25) is 0 Å². The van der Waals surface area contributed by atoms with Gasteiger partial charge in [0.25, 0.3) is 0 Å². The van der Waals surface area contributed by atoms with E-state index in [1.54, 1.807) is 17.1 Å². The molecule has 24 heavy (non-hydrogen) atoms. The number of carbonyl (C=O) groups is 1. The van der Waals surface area contributed by atoms with Crippen LogP contribution in [0.25, 0.3) is 11.0 Å². The minimum Gasteiger partial charge on any atom is -0.465 e. The van der Waals surface area contributed by atoms with Crippen molar-refractivity contribution in [2.75, 3.05) is 18.4 Å². The largest absolute Gasteiger partial charge is 0.465 e. The second-order valence-electron chi connectivity index (χ2n) is 5.72. The van der Waals surface area contributed by atoms with Crippen LogP contribution in [0.4, 0.5) is 10.5 Å². The van der Waals surface area contributed by atoms with Gasteiger partial charge in [-0.3, -0.25) is 0 Å². The first-order chi connectivity index (χ1) is 11.6. The third-order valence-electron chi connectivity index (χ3n) is 4.31. The molecule has 9 nitrogen and oxygen atoms in total. The van der Waals surface area contributed by atoms with E-state index in [1.807, 2.05) is 6.92 Å². The first-order valence-corrected chi connectivity index (χ1v) is 7.90. The average molecular weight is 332 g/mol. The predicted octanol–water partition coefficient (Wildman–Crippen LogP) is 1.81. The maximum Gasteiger partial charge on any atom is 0.407 e. The van der Waals surface area contributed by atoms with Crippen molar-refractivity contribution in [2.24, 2.45) is 5.16 Å². The highest BCUT2D eigenvalue weighted by molar-refractivity contribution is 6.00. The van der Waals surface area contributed by atoms with Crippen molar-refractivity contribution in [1.29, 1.82) is 0 Å². The van der Waals surface area contributed by atoms with Crippen molar-refractivity contribution in [2.45, 2.75) is 32.4 Å². The van der Waals surface area contributed by atoms with Crippen LogP contribution in [0.1, 0.15) is 25.3 Å². The zero-order valence-corrected chi connectivity index (χ0v) is 13.4. The van der Waals surface area contributed by atoms with Gasteiger partial charge in [-0.15, -0.1) is 0 Å². The molecule has 1 fully saturated rings. The summed E-state index contributed by atoms with van der Waals surface area (Å²) in [6.07, 6.45) is 5.28. The predicted molar refractivity (Wildman–Crippen MR) is 88.8 cm³/mol. The Morgan fingerprint density at radius 1 is 1.46 bits per heavy atom. The van der Waals surface area contributed by atoms with E-state index in [1.165, 1.54) is 11.1 Å². The third kappa shape index (κ3) is 2.97. The zero-order valence-electron chi connectivity index (χ0n) is 13.4. The van der Waals surface area contributed by atoms with Crippen LogP contribution in [0, 0.1) is 0 Å². The van der Waals surface area contributed by atoms with Crippen LogP contribution >= 0.6 is 0 Å². The number of amides is 1. The highest BCUT2D eigenvalue weighted by Gasteiger charge is 2.23. The lowest BCUT2D eigenvalue weighted by Crippen LogP contribution is -2.41. The summed E-state index contributed by atoms with van der Waals surface area (Å²) in [6, 6.07) is 0.141. The number of nitrogens with zero attached hydrogens (tertiary/aromatic N) is 5. The number of fused-ring (bicyclic) bond motifs is 1. The van der Waals surface area contributed by atoms with E-state index in [2.05, 4.69) is 20.6 Å². The van der Waals surface area contributed by atoms with Crippen molar-refractivity contribution in [3.63, 3.8) is 0 Å². The SMILES string of the molecule is CCn1ncc2c(NC3CCN(C(=O)O)CC3)c(C=NO)cnc21. The number of likely N-dealkylation sites (tertiary alicyclic amines) is 1. The molecule has 3 rings (SSSR count). The molecular weight excluding hydrogens is 312 g/mol. The summed E-state index contributed by atoms with van der Waals surface area (Å²) in [6.45, 7) is 3.70. The fourth-order valence-electron chi connectivity index (χ4n) is 3.01. The minimum atomic E-state index is -0.878. The zero-order chi connectivity index (χ0) is 17.1. The highest BCUT2D eigenvalue weighted by Crippen LogP contribution is 2.27. The molecular formula is C15H20N6O3. The number of aryl methyl sites for hydroxylation is 1. The summed E-state index contributed by atoms with van der Waals surface area (Å²) in [7, 11) is 0. The van der Waals surface area contributed by atoms with E-state index in [0.717, 1.165) is 16.7 Å². The number of rotatable bonds is 4. The highest BCUT2D eigenvalue weighted by atomic mass is 16.4. The molecule has 0 aromatic carbocycles. The Morgan fingerprint density at radius 3 is 2.83 bits per heavy atom. The summed E-state index contributed by atoms with van der Waals surface area (Å²) in [4.78, 5) is 16.8. The van der Waals surface area contributed by atoms with Crippen LogP contribution in [0.3, 0.4) is 0 Å². The molecule has 0 bridgehead atoms. The number of oxime groups is 1. The van der Waals surface area contributed by atoms with Gasteiger partial charge in [-0.25, -0.2) is 14.5 Å². The molecule has 9 heteroatoms. The quantitative estimate of drug-likeness (QED) is 0.447. The van der Waals surface area contributed by atoms with Gasteiger partial charge in [0.2, 0.25) is 0 Å². The molecule has 2 aromatic rings. The average Bonchev–Trinajstić information content (AvgIpc) is 3.01. The van der Waals surface area contributed by atoms with Gasteiger partial charge in [0.15, 0.2) is 5.65 Å².